The van der Waals surface area contributed by atoms with Gasteiger partial charge in [0.25, 0.3) is 0 Å². The summed E-state index contributed by atoms with van der Waals surface area (Å²) in [5, 5.41) is 0. The van der Waals surface area contributed by atoms with Crippen molar-refractivity contribution < 1.29 is 0 Å². The first-order chi connectivity index (χ1) is 8.24. The Bertz CT molecular complexity index is 490. The Hall–Kier alpha value is -1.48. The second kappa shape index (κ2) is 5.23. The number of aromatic nitrogens is 2. The Balaban J connectivity index is 2.41. The predicted octanol–water partition coefficient (Wildman–Crippen LogP) is 3.07. The average Bonchev–Trinajstić information content (AvgIpc) is 2.37. The molecule has 2 aromatic rings. The van der Waals surface area contributed by atoms with Gasteiger partial charge in [-0.2, -0.15) is 0 Å². The van der Waals surface area contributed by atoms with Gasteiger partial charge >= 0.3 is 0 Å². The molecule has 0 fully saturated rings. The van der Waals surface area contributed by atoms with Gasteiger partial charge in [0.1, 0.15) is 0 Å². The van der Waals surface area contributed by atoms with E-state index < -0.39 is 0 Å². The monoisotopic (exact) mass is 229 g/mol. The summed E-state index contributed by atoms with van der Waals surface area (Å²) < 4.78 is 0. The van der Waals surface area contributed by atoms with E-state index in [-0.39, 0.29) is 6.04 Å². The van der Waals surface area contributed by atoms with Crippen molar-refractivity contribution in [2.24, 2.45) is 11.7 Å². The van der Waals surface area contributed by atoms with Crippen molar-refractivity contribution in [2.75, 3.05) is 0 Å². The number of hydrogen-bond acceptors (Lipinski definition) is 3. The molecule has 0 aliphatic heterocycles. The van der Waals surface area contributed by atoms with Gasteiger partial charge in [0.15, 0.2) is 0 Å². The average molecular weight is 229 g/mol. The number of benzene rings is 1. The van der Waals surface area contributed by atoms with Gasteiger partial charge in [-0.1, -0.05) is 32.4 Å². The minimum absolute atomic E-state index is 0.0374. The van der Waals surface area contributed by atoms with Crippen LogP contribution < -0.4 is 5.73 Å². The van der Waals surface area contributed by atoms with E-state index in [1.807, 2.05) is 12.1 Å². The third-order valence-corrected chi connectivity index (χ3v) is 3.25. The van der Waals surface area contributed by atoms with Crippen LogP contribution in [0.15, 0.2) is 30.6 Å². The molecule has 0 saturated heterocycles. The fourth-order valence-electron chi connectivity index (χ4n) is 2.23. The Labute approximate surface area is 102 Å². The summed E-state index contributed by atoms with van der Waals surface area (Å²) in [4.78, 5) is 8.71. The SMILES string of the molecule is CCCC(C)C(N)c1cccc2nccnc12. The van der Waals surface area contributed by atoms with E-state index in [0.29, 0.717) is 5.92 Å². The summed E-state index contributed by atoms with van der Waals surface area (Å²) in [6.45, 7) is 4.38. The molecule has 0 saturated carbocycles. The highest BCUT2D eigenvalue weighted by atomic mass is 14.8. The fourth-order valence-corrected chi connectivity index (χ4v) is 2.23. The topological polar surface area (TPSA) is 51.8 Å². The molecule has 1 aromatic carbocycles. The van der Waals surface area contributed by atoms with Gasteiger partial charge in [0, 0.05) is 18.4 Å². The van der Waals surface area contributed by atoms with Gasteiger partial charge in [-0.3, -0.25) is 9.97 Å². The third-order valence-electron chi connectivity index (χ3n) is 3.25. The maximum atomic E-state index is 6.32. The molecule has 2 unspecified atom stereocenters. The number of para-hydroxylation sites is 1. The number of rotatable bonds is 4. The van der Waals surface area contributed by atoms with Crippen LogP contribution in [-0.4, -0.2) is 9.97 Å². The van der Waals surface area contributed by atoms with Crippen LogP contribution in [0.1, 0.15) is 38.3 Å². The molecule has 3 heteroatoms. The largest absolute Gasteiger partial charge is 0.324 e. The molecule has 3 nitrogen and oxygen atoms in total. The van der Waals surface area contributed by atoms with Crippen LogP contribution in [0.5, 0.6) is 0 Å². The molecule has 1 heterocycles. The molecule has 2 atom stereocenters. The maximum Gasteiger partial charge on any atom is 0.0934 e. The summed E-state index contributed by atoms with van der Waals surface area (Å²) in [6.07, 6.45) is 5.74. The smallest absolute Gasteiger partial charge is 0.0934 e. The van der Waals surface area contributed by atoms with Crippen LogP contribution in [0, 0.1) is 5.92 Å². The standard InChI is InChI=1S/C14H19N3/c1-3-5-10(2)13(15)11-6-4-7-12-14(11)17-9-8-16-12/h4,6-10,13H,3,5,15H2,1-2H3. The minimum atomic E-state index is 0.0374. The van der Waals surface area contributed by atoms with Gasteiger partial charge in [0.2, 0.25) is 0 Å². The molecule has 17 heavy (non-hydrogen) atoms. The molecule has 2 N–H and O–H groups in total. The quantitative estimate of drug-likeness (QED) is 0.876. The number of hydrogen-bond donors (Lipinski definition) is 1. The second-order valence-corrected chi connectivity index (χ2v) is 4.56. The van der Waals surface area contributed by atoms with Gasteiger partial charge < -0.3 is 5.73 Å². The summed E-state index contributed by atoms with van der Waals surface area (Å²) >= 11 is 0. The number of nitrogens with two attached hydrogens (primary N) is 1. The van der Waals surface area contributed by atoms with Gasteiger partial charge in [-0.15, -0.1) is 0 Å². The van der Waals surface area contributed by atoms with Gasteiger partial charge in [-0.25, -0.2) is 0 Å². The summed E-state index contributed by atoms with van der Waals surface area (Å²) in [6, 6.07) is 6.08. The van der Waals surface area contributed by atoms with Gasteiger partial charge in [-0.05, 0) is 24.0 Å². The molecule has 0 aliphatic carbocycles. The Morgan fingerprint density at radius 3 is 2.76 bits per heavy atom. The van der Waals surface area contributed by atoms with Gasteiger partial charge in [0.05, 0.1) is 11.0 Å². The molecule has 0 radical (unpaired) electrons. The minimum Gasteiger partial charge on any atom is -0.324 e. The first-order valence-corrected chi connectivity index (χ1v) is 6.19. The van der Waals surface area contributed by atoms with E-state index in [1.54, 1.807) is 12.4 Å². The van der Waals surface area contributed by atoms with E-state index in [1.165, 1.54) is 0 Å². The Kier molecular flexibility index (Phi) is 3.69. The highest BCUT2D eigenvalue weighted by molar-refractivity contribution is 5.78. The van der Waals surface area contributed by atoms with Crippen molar-refractivity contribution in [1.29, 1.82) is 0 Å². The lowest BCUT2D eigenvalue weighted by molar-refractivity contribution is 0.435. The van der Waals surface area contributed by atoms with Crippen LogP contribution in [-0.2, 0) is 0 Å². The van der Waals surface area contributed by atoms with Crippen molar-refractivity contribution in [1.82, 2.24) is 9.97 Å². The summed E-state index contributed by atoms with van der Waals surface area (Å²) in [5.74, 6) is 0.465. The fraction of sp³-hybridized carbons (Fsp3) is 0.429. The highest BCUT2D eigenvalue weighted by Crippen LogP contribution is 2.27. The molecule has 0 aliphatic rings. The van der Waals surface area contributed by atoms with Crippen LogP contribution in [0.4, 0.5) is 0 Å². The lowest BCUT2D eigenvalue weighted by Gasteiger charge is -2.20. The van der Waals surface area contributed by atoms with Crippen LogP contribution in [0.3, 0.4) is 0 Å². The summed E-state index contributed by atoms with van der Waals surface area (Å²) in [7, 11) is 0. The molecule has 90 valence electrons. The Morgan fingerprint density at radius 1 is 1.24 bits per heavy atom. The van der Waals surface area contributed by atoms with Crippen LogP contribution in [0.2, 0.25) is 0 Å². The first kappa shape index (κ1) is 12.0. The highest BCUT2D eigenvalue weighted by Gasteiger charge is 2.17. The molecular formula is C14H19N3. The Morgan fingerprint density at radius 2 is 2.00 bits per heavy atom. The van der Waals surface area contributed by atoms with Crippen molar-refractivity contribution in [3.05, 3.63) is 36.2 Å². The molecule has 0 spiro atoms. The zero-order valence-electron chi connectivity index (χ0n) is 10.4. The van der Waals surface area contributed by atoms with E-state index in [4.69, 9.17) is 5.73 Å². The zero-order chi connectivity index (χ0) is 12.3. The second-order valence-electron chi connectivity index (χ2n) is 4.56. The van der Waals surface area contributed by atoms with Crippen molar-refractivity contribution in [3.8, 4) is 0 Å². The van der Waals surface area contributed by atoms with Crippen LogP contribution >= 0.6 is 0 Å². The van der Waals surface area contributed by atoms with E-state index in [0.717, 1.165) is 29.4 Å². The lowest BCUT2D eigenvalue weighted by Crippen LogP contribution is -2.19. The van der Waals surface area contributed by atoms with Crippen molar-refractivity contribution >= 4 is 11.0 Å². The lowest BCUT2D eigenvalue weighted by atomic mass is 9.91. The van der Waals surface area contributed by atoms with E-state index in [9.17, 15) is 0 Å². The summed E-state index contributed by atoms with van der Waals surface area (Å²) in [5.41, 5.74) is 9.29. The normalized spacial score (nSPS) is 14.8. The maximum absolute atomic E-state index is 6.32. The molecular weight excluding hydrogens is 210 g/mol. The van der Waals surface area contributed by atoms with Crippen LogP contribution in [0.25, 0.3) is 11.0 Å². The van der Waals surface area contributed by atoms with Crippen molar-refractivity contribution in [2.45, 2.75) is 32.7 Å². The van der Waals surface area contributed by atoms with E-state index >= 15 is 0 Å². The first-order valence-electron chi connectivity index (χ1n) is 6.19. The van der Waals surface area contributed by atoms with Crippen molar-refractivity contribution in [3.63, 3.8) is 0 Å². The number of nitrogens with zero attached hydrogens (tertiary/aromatic N) is 2. The number of fused-ring (bicyclic) bond motifs is 1. The molecule has 2 rings (SSSR count). The molecule has 0 bridgehead atoms. The zero-order valence-corrected chi connectivity index (χ0v) is 10.4. The van der Waals surface area contributed by atoms with E-state index in [2.05, 4.69) is 29.9 Å². The predicted molar refractivity (Wildman–Crippen MR) is 70.5 cm³/mol. The third kappa shape index (κ3) is 2.44. The molecule has 0 amide bonds. The molecule has 1 aromatic heterocycles.